The minimum Gasteiger partial charge on any atom is -0.448 e. The van der Waals surface area contributed by atoms with E-state index >= 15 is 0 Å². The van der Waals surface area contributed by atoms with Crippen molar-refractivity contribution < 1.29 is 9.53 Å². The van der Waals surface area contributed by atoms with Gasteiger partial charge >= 0.3 is 6.09 Å². The lowest BCUT2D eigenvalue weighted by Gasteiger charge is -2.11. The van der Waals surface area contributed by atoms with Crippen LogP contribution in [0.5, 0.6) is 0 Å². The summed E-state index contributed by atoms with van der Waals surface area (Å²) in [5, 5.41) is 5.99. The maximum Gasteiger partial charge on any atom is 0.407 e. The highest BCUT2D eigenvalue weighted by Crippen LogP contribution is 2.04. The molecule has 0 aromatic rings. The van der Waals surface area contributed by atoms with Crippen LogP contribution in [0.25, 0.3) is 0 Å². The second-order valence-electron chi connectivity index (χ2n) is 3.67. The molecular weight excluding hydrogens is 180 g/mol. The molecule has 14 heavy (non-hydrogen) atoms. The molecule has 1 aliphatic heterocycles. The van der Waals surface area contributed by atoms with E-state index < -0.39 is 0 Å². The molecular formula is C10H20N2O2. The van der Waals surface area contributed by atoms with Crippen LogP contribution in [0.3, 0.4) is 0 Å². The fraction of sp³-hybridized carbons (Fsp3) is 0.900. The Kier molecular flexibility index (Phi) is 5.37. The fourth-order valence-corrected chi connectivity index (χ4v) is 1.49. The minimum absolute atomic E-state index is 0.285. The Morgan fingerprint density at radius 1 is 1.64 bits per heavy atom. The zero-order valence-electron chi connectivity index (χ0n) is 8.84. The van der Waals surface area contributed by atoms with Gasteiger partial charge in [-0.05, 0) is 25.8 Å². The summed E-state index contributed by atoms with van der Waals surface area (Å²) in [6.07, 6.45) is 4.11. The summed E-state index contributed by atoms with van der Waals surface area (Å²) in [4.78, 5) is 11.1. The lowest BCUT2D eigenvalue weighted by atomic mass is 10.2. The Labute approximate surface area is 85.4 Å². The van der Waals surface area contributed by atoms with Crippen molar-refractivity contribution in [2.75, 3.05) is 19.7 Å². The molecule has 1 heterocycles. The van der Waals surface area contributed by atoms with Gasteiger partial charge in [0.1, 0.15) is 6.61 Å². The summed E-state index contributed by atoms with van der Waals surface area (Å²) in [5.41, 5.74) is 0. The Morgan fingerprint density at radius 2 is 2.50 bits per heavy atom. The molecule has 0 aromatic heterocycles. The summed E-state index contributed by atoms with van der Waals surface area (Å²) in [5.74, 6) is 0. The van der Waals surface area contributed by atoms with Crippen LogP contribution in [-0.2, 0) is 4.74 Å². The van der Waals surface area contributed by atoms with Gasteiger partial charge in [0, 0.05) is 12.6 Å². The summed E-state index contributed by atoms with van der Waals surface area (Å²) in [6.45, 7) is 4.35. The van der Waals surface area contributed by atoms with Crippen LogP contribution < -0.4 is 10.6 Å². The predicted molar refractivity (Wildman–Crippen MR) is 55.3 cm³/mol. The smallest absolute Gasteiger partial charge is 0.407 e. The molecule has 1 rings (SSSR count). The van der Waals surface area contributed by atoms with Crippen molar-refractivity contribution in [2.24, 2.45) is 0 Å². The first-order chi connectivity index (χ1) is 6.83. The number of hydrogen-bond acceptors (Lipinski definition) is 3. The average molecular weight is 200 g/mol. The zero-order valence-corrected chi connectivity index (χ0v) is 8.84. The molecule has 82 valence electrons. The zero-order chi connectivity index (χ0) is 10.2. The van der Waals surface area contributed by atoms with E-state index in [1.165, 1.54) is 6.42 Å². The number of carbonyl (C=O) groups excluding carboxylic acids is 1. The first-order valence-electron chi connectivity index (χ1n) is 5.47. The lowest BCUT2D eigenvalue weighted by Crippen LogP contribution is -2.32. The fourth-order valence-electron chi connectivity index (χ4n) is 1.49. The van der Waals surface area contributed by atoms with Gasteiger partial charge in [-0.15, -0.1) is 0 Å². The van der Waals surface area contributed by atoms with Gasteiger partial charge in [0.05, 0.1) is 0 Å². The van der Waals surface area contributed by atoms with Crippen LogP contribution in [0.4, 0.5) is 4.79 Å². The van der Waals surface area contributed by atoms with Gasteiger partial charge in [0.2, 0.25) is 0 Å². The van der Waals surface area contributed by atoms with Crippen molar-refractivity contribution in [2.45, 2.75) is 38.6 Å². The first kappa shape index (κ1) is 11.3. The molecule has 0 radical (unpaired) electrons. The third-order valence-corrected chi connectivity index (χ3v) is 2.38. The molecule has 0 saturated carbocycles. The minimum atomic E-state index is -0.285. The highest BCUT2D eigenvalue weighted by atomic mass is 16.5. The van der Waals surface area contributed by atoms with Crippen molar-refractivity contribution in [3.8, 4) is 0 Å². The maximum atomic E-state index is 11.1. The average Bonchev–Trinajstić information content (AvgIpc) is 2.68. The molecule has 1 aliphatic rings. The van der Waals surface area contributed by atoms with Crippen LogP contribution in [0.15, 0.2) is 0 Å². The first-order valence-corrected chi connectivity index (χ1v) is 5.47. The van der Waals surface area contributed by atoms with Crippen LogP contribution >= 0.6 is 0 Å². The number of rotatable bonds is 5. The monoisotopic (exact) mass is 200 g/mol. The van der Waals surface area contributed by atoms with Crippen molar-refractivity contribution in [3.63, 3.8) is 0 Å². The van der Waals surface area contributed by atoms with Gasteiger partial charge in [-0.1, -0.05) is 13.3 Å². The maximum absolute atomic E-state index is 11.1. The number of amides is 1. The largest absolute Gasteiger partial charge is 0.448 e. The summed E-state index contributed by atoms with van der Waals surface area (Å²) >= 11 is 0. The molecule has 1 fully saturated rings. The Hall–Kier alpha value is -0.770. The number of alkyl carbamates (subject to hydrolysis) is 1. The van der Waals surface area contributed by atoms with E-state index in [0.717, 1.165) is 25.8 Å². The van der Waals surface area contributed by atoms with Crippen molar-refractivity contribution in [1.29, 1.82) is 0 Å². The highest BCUT2D eigenvalue weighted by molar-refractivity contribution is 5.67. The van der Waals surface area contributed by atoms with Gasteiger partial charge in [-0.25, -0.2) is 4.79 Å². The van der Waals surface area contributed by atoms with Crippen LogP contribution in [0.1, 0.15) is 32.6 Å². The normalized spacial score (nSPS) is 20.8. The number of hydrogen-bond donors (Lipinski definition) is 2. The van der Waals surface area contributed by atoms with Crippen LogP contribution in [0.2, 0.25) is 0 Å². The Morgan fingerprint density at radius 3 is 3.14 bits per heavy atom. The van der Waals surface area contributed by atoms with E-state index in [4.69, 9.17) is 4.74 Å². The lowest BCUT2D eigenvalue weighted by molar-refractivity contribution is 0.136. The van der Waals surface area contributed by atoms with E-state index in [-0.39, 0.29) is 6.09 Å². The molecule has 4 heteroatoms. The number of ether oxygens (including phenoxy) is 1. The van der Waals surface area contributed by atoms with Gasteiger partial charge in [-0.3, -0.25) is 0 Å². The summed E-state index contributed by atoms with van der Waals surface area (Å²) in [7, 11) is 0. The molecule has 1 amide bonds. The van der Waals surface area contributed by atoms with Gasteiger partial charge in [0.25, 0.3) is 0 Å². The molecule has 2 N–H and O–H groups in total. The van der Waals surface area contributed by atoms with E-state index in [1.54, 1.807) is 0 Å². The van der Waals surface area contributed by atoms with Gasteiger partial charge in [0.15, 0.2) is 0 Å². The topological polar surface area (TPSA) is 50.4 Å². The molecule has 0 spiro atoms. The molecule has 4 nitrogen and oxygen atoms in total. The van der Waals surface area contributed by atoms with Crippen LogP contribution in [0, 0.1) is 0 Å². The molecule has 0 aliphatic carbocycles. The highest BCUT2D eigenvalue weighted by Gasteiger charge is 2.15. The molecule has 1 saturated heterocycles. The third-order valence-electron chi connectivity index (χ3n) is 2.38. The standard InChI is InChI=1S/C10H20N2O2/c1-2-3-6-12-10(13)14-8-9-5-4-7-11-9/h9,11H,2-8H2,1H3,(H,12,13). The summed E-state index contributed by atoms with van der Waals surface area (Å²) < 4.78 is 5.06. The van der Waals surface area contributed by atoms with Gasteiger partial charge in [-0.2, -0.15) is 0 Å². The van der Waals surface area contributed by atoms with E-state index in [9.17, 15) is 4.79 Å². The van der Waals surface area contributed by atoms with E-state index in [0.29, 0.717) is 19.2 Å². The van der Waals surface area contributed by atoms with Crippen molar-refractivity contribution in [1.82, 2.24) is 10.6 Å². The summed E-state index contributed by atoms with van der Waals surface area (Å²) in [6, 6.07) is 0.368. The third kappa shape index (κ3) is 4.46. The second-order valence-corrected chi connectivity index (χ2v) is 3.67. The quantitative estimate of drug-likeness (QED) is 0.657. The molecule has 1 unspecified atom stereocenters. The van der Waals surface area contributed by atoms with Crippen molar-refractivity contribution >= 4 is 6.09 Å². The molecule has 1 atom stereocenters. The number of unbranched alkanes of at least 4 members (excludes halogenated alkanes) is 1. The van der Waals surface area contributed by atoms with E-state index in [1.807, 2.05) is 0 Å². The Bertz CT molecular complexity index is 168. The van der Waals surface area contributed by atoms with E-state index in [2.05, 4.69) is 17.6 Å². The Balaban J connectivity index is 1.96. The number of nitrogens with one attached hydrogen (secondary N) is 2. The SMILES string of the molecule is CCCCNC(=O)OCC1CCCN1. The molecule has 0 bridgehead atoms. The number of carbonyl (C=O) groups is 1. The second kappa shape index (κ2) is 6.65. The van der Waals surface area contributed by atoms with Gasteiger partial charge < -0.3 is 15.4 Å². The predicted octanol–water partition coefficient (Wildman–Crippen LogP) is 1.26. The van der Waals surface area contributed by atoms with Crippen LogP contribution in [-0.4, -0.2) is 31.8 Å². The molecule has 0 aromatic carbocycles. The van der Waals surface area contributed by atoms with Crippen molar-refractivity contribution in [3.05, 3.63) is 0 Å².